The van der Waals surface area contributed by atoms with Crippen molar-refractivity contribution < 1.29 is 14.7 Å². The minimum Gasteiger partial charge on any atom is -0.481 e. The zero-order valence-corrected chi connectivity index (χ0v) is 12.6. The Kier molecular flexibility index (Phi) is 7.28. The highest BCUT2D eigenvalue weighted by Gasteiger charge is 2.12. The van der Waals surface area contributed by atoms with Gasteiger partial charge < -0.3 is 15.3 Å². The van der Waals surface area contributed by atoms with Crippen molar-refractivity contribution in [2.45, 2.75) is 39.2 Å². The summed E-state index contributed by atoms with van der Waals surface area (Å²) in [7, 11) is 1.73. The number of urea groups is 1. The van der Waals surface area contributed by atoms with Crippen molar-refractivity contribution in [1.82, 2.24) is 20.4 Å². The van der Waals surface area contributed by atoms with E-state index in [9.17, 15) is 9.59 Å². The molecule has 0 aliphatic carbocycles. The van der Waals surface area contributed by atoms with Crippen LogP contribution in [-0.4, -0.2) is 45.8 Å². The van der Waals surface area contributed by atoms with Gasteiger partial charge in [-0.05, 0) is 18.8 Å². The topological polar surface area (TPSA) is 98.3 Å². The number of aliphatic carboxylic acids is 1. The number of carbonyl (C=O) groups is 2. The Labute approximate surface area is 124 Å². The number of nitrogens with one attached hydrogen (secondary N) is 2. The summed E-state index contributed by atoms with van der Waals surface area (Å²) < 4.78 is 0. The maximum atomic E-state index is 11.9. The van der Waals surface area contributed by atoms with Crippen molar-refractivity contribution in [2.75, 3.05) is 13.6 Å². The molecule has 0 bridgehead atoms. The summed E-state index contributed by atoms with van der Waals surface area (Å²) in [6, 6.07) is -0.135. The maximum absolute atomic E-state index is 11.9. The number of hydrogen-bond acceptors (Lipinski definition) is 3. The molecule has 0 radical (unpaired) electrons. The molecule has 7 nitrogen and oxygen atoms in total. The van der Waals surface area contributed by atoms with Crippen LogP contribution < -0.4 is 5.32 Å². The zero-order valence-electron chi connectivity index (χ0n) is 12.6. The van der Waals surface area contributed by atoms with Crippen LogP contribution in [0.25, 0.3) is 0 Å². The van der Waals surface area contributed by atoms with Crippen molar-refractivity contribution >= 4 is 12.0 Å². The Hall–Kier alpha value is -2.05. The van der Waals surface area contributed by atoms with Gasteiger partial charge in [0.15, 0.2) is 0 Å². The van der Waals surface area contributed by atoms with Crippen LogP contribution >= 0.6 is 0 Å². The summed E-state index contributed by atoms with van der Waals surface area (Å²) in [5.74, 6) is -0.432. The van der Waals surface area contributed by atoms with Gasteiger partial charge in [-0.3, -0.25) is 9.89 Å². The molecule has 21 heavy (non-hydrogen) atoms. The fraction of sp³-hybridized carbons (Fsp3) is 0.643. The van der Waals surface area contributed by atoms with Crippen LogP contribution in [0.5, 0.6) is 0 Å². The maximum Gasteiger partial charge on any atom is 0.317 e. The summed E-state index contributed by atoms with van der Waals surface area (Å²) in [6.07, 6.45) is 6.01. The molecule has 0 fully saturated rings. The highest BCUT2D eigenvalue weighted by molar-refractivity contribution is 5.73. The molecular weight excluding hydrogens is 272 g/mol. The Bertz CT molecular complexity index is 433. The third-order valence-electron chi connectivity index (χ3n) is 3.49. The normalized spacial score (nSPS) is 11.9. The van der Waals surface area contributed by atoms with Gasteiger partial charge in [0.25, 0.3) is 0 Å². The molecule has 0 spiro atoms. The van der Waals surface area contributed by atoms with Crippen LogP contribution in [0, 0.1) is 5.92 Å². The number of carboxylic acids is 1. The Morgan fingerprint density at radius 3 is 2.81 bits per heavy atom. The largest absolute Gasteiger partial charge is 0.481 e. The van der Waals surface area contributed by atoms with Crippen molar-refractivity contribution in [2.24, 2.45) is 5.92 Å². The first kappa shape index (κ1) is 17.0. The van der Waals surface area contributed by atoms with Crippen LogP contribution in [-0.2, 0) is 11.3 Å². The number of carboxylic acid groups (broad SMARTS) is 1. The standard InChI is InChI=1S/C14H24N4O3/c1-3-11(4-5-13(19)20)6-7-15-14(21)18(2)10-12-8-16-17-9-12/h8-9,11H,3-7,10H2,1-2H3,(H,15,21)(H,16,17)(H,19,20). The first-order chi connectivity index (χ1) is 10.0. The fourth-order valence-corrected chi connectivity index (χ4v) is 2.11. The number of hydrogen-bond donors (Lipinski definition) is 3. The van der Waals surface area contributed by atoms with E-state index in [1.807, 2.05) is 6.92 Å². The molecule has 7 heteroatoms. The van der Waals surface area contributed by atoms with Gasteiger partial charge in [0.1, 0.15) is 0 Å². The van der Waals surface area contributed by atoms with E-state index in [0.717, 1.165) is 18.4 Å². The molecule has 0 aliphatic rings. The van der Waals surface area contributed by atoms with Crippen LogP contribution in [0.1, 0.15) is 38.2 Å². The second-order valence-corrected chi connectivity index (χ2v) is 5.19. The van der Waals surface area contributed by atoms with Gasteiger partial charge in [-0.2, -0.15) is 5.10 Å². The van der Waals surface area contributed by atoms with E-state index in [1.165, 1.54) is 0 Å². The average molecular weight is 296 g/mol. The van der Waals surface area contributed by atoms with E-state index >= 15 is 0 Å². The zero-order chi connectivity index (χ0) is 15.7. The molecule has 0 aromatic carbocycles. The molecule has 1 aromatic heterocycles. The third-order valence-corrected chi connectivity index (χ3v) is 3.49. The van der Waals surface area contributed by atoms with Gasteiger partial charge in [0.05, 0.1) is 12.7 Å². The summed E-state index contributed by atoms with van der Waals surface area (Å²) in [6.45, 7) is 3.10. The van der Waals surface area contributed by atoms with E-state index in [-0.39, 0.29) is 12.5 Å². The van der Waals surface area contributed by atoms with Gasteiger partial charge in [0, 0.05) is 31.8 Å². The molecule has 0 saturated heterocycles. The Morgan fingerprint density at radius 2 is 2.24 bits per heavy atom. The average Bonchev–Trinajstić information content (AvgIpc) is 2.94. The first-order valence-corrected chi connectivity index (χ1v) is 7.21. The predicted octanol–water partition coefficient (Wildman–Crippen LogP) is 1.83. The van der Waals surface area contributed by atoms with Crippen molar-refractivity contribution in [1.29, 1.82) is 0 Å². The van der Waals surface area contributed by atoms with Crippen molar-refractivity contribution in [3.05, 3.63) is 18.0 Å². The molecule has 0 saturated carbocycles. The molecule has 1 heterocycles. The lowest BCUT2D eigenvalue weighted by molar-refractivity contribution is -0.137. The van der Waals surface area contributed by atoms with Crippen LogP contribution in [0.15, 0.2) is 12.4 Å². The van der Waals surface area contributed by atoms with Gasteiger partial charge in [-0.25, -0.2) is 4.79 Å². The van der Waals surface area contributed by atoms with Gasteiger partial charge in [-0.1, -0.05) is 13.3 Å². The van der Waals surface area contributed by atoms with Gasteiger partial charge in [-0.15, -0.1) is 0 Å². The Balaban J connectivity index is 2.23. The summed E-state index contributed by atoms with van der Waals surface area (Å²) in [4.78, 5) is 24.0. The lowest BCUT2D eigenvalue weighted by Gasteiger charge is -2.19. The SMILES string of the molecule is CCC(CCNC(=O)N(C)Cc1cn[nH]c1)CCC(=O)O. The highest BCUT2D eigenvalue weighted by Crippen LogP contribution is 2.14. The number of amides is 2. The smallest absolute Gasteiger partial charge is 0.317 e. The number of aromatic nitrogens is 2. The minimum atomic E-state index is -0.766. The number of carbonyl (C=O) groups excluding carboxylic acids is 1. The lowest BCUT2D eigenvalue weighted by Crippen LogP contribution is -2.37. The molecule has 0 aliphatic heterocycles. The molecule has 1 rings (SSSR count). The monoisotopic (exact) mass is 296 g/mol. The number of H-pyrrole nitrogens is 1. The summed E-state index contributed by atoms with van der Waals surface area (Å²) in [5, 5.41) is 18.1. The van der Waals surface area contributed by atoms with E-state index in [2.05, 4.69) is 15.5 Å². The van der Waals surface area contributed by atoms with Crippen molar-refractivity contribution in [3.63, 3.8) is 0 Å². The van der Waals surface area contributed by atoms with E-state index in [1.54, 1.807) is 24.3 Å². The van der Waals surface area contributed by atoms with Crippen molar-refractivity contribution in [3.8, 4) is 0 Å². The fourth-order valence-electron chi connectivity index (χ4n) is 2.11. The van der Waals surface area contributed by atoms with Crippen LogP contribution in [0.3, 0.4) is 0 Å². The molecule has 118 valence electrons. The second-order valence-electron chi connectivity index (χ2n) is 5.19. The molecular formula is C14H24N4O3. The third kappa shape index (κ3) is 6.78. The minimum absolute atomic E-state index is 0.135. The molecule has 1 unspecified atom stereocenters. The number of aromatic amines is 1. The number of nitrogens with zero attached hydrogens (tertiary/aromatic N) is 2. The van der Waals surface area contributed by atoms with E-state index in [0.29, 0.717) is 25.4 Å². The predicted molar refractivity (Wildman–Crippen MR) is 78.7 cm³/mol. The second kappa shape index (κ2) is 8.99. The summed E-state index contributed by atoms with van der Waals surface area (Å²) >= 11 is 0. The molecule has 1 aromatic rings. The lowest BCUT2D eigenvalue weighted by atomic mass is 9.97. The van der Waals surface area contributed by atoms with E-state index < -0.39 is 5.97 Å². The first-order valence-electron chi connectivity index (χ1n) is 7.21. The van der Waals surface area contributed by atoms with E-state index in [4.69, 9.17) is 5.11 Å². The number of rotatable bonds is 9. The van der Waals surface area contributed by atoms with Crippen LogP contribution in [0.2, 0.25) is 0 Å². The van der Waals surface area contributed by atoms with Crippen LogP contribution in [0.4, 0.5) is 4.79 Å². The van der Waals surface area contributed by atoms with Gasteiger partial charge in [0.2, 0.25) is 0 Å². The molecule has 3 N–H and O–H groups in total. The quantitative estimate of drug-likeness (QED) is 0.647. The molecule has 2 amide bonds. The summed E-state index contributed by atoms with van der Waals surface area (Å²) in [5.41, 5.74) is 0.945. The highest BCUT2D eigenvalue weighted by atomic mass is 16.4. The Morgan fingerprint density at radius 1 is 1.48 bits per heavy atom. The molecule has 1 atom stereocenters. The van der Waals surface area contributed by atoms with Gasteiger partial charge >= 0.3 is 12.0 Å².